The zero-order valence-corrected chi connectivity index (χ0v) is 18.1. The molecule has 0 aliphatic carbocycles. The number of amides is 2. The number of ether oxygens (including phenoxy) is 4. The summed E-state index contributed by atoms with van der Waals surface area (Å²) in [4.78, 5) is 24.1. The van der Waals surface area contributed by atoms with Crippen molar-refractivity contribution in [3.8, 4) is 23.0 Å². The zero-order chi connectivity index (χ0) is 22.6. The molecule has 0 heterocycles. The smallest absolute Gasteiger partial charge is 0.251 e. The third-order valence-electron chi connectivity index (χ3n) is 4.32. The van der Waals surface area contributed by atoms with Crippen molar-refractivity contribution in [2.75, 3.05) is 35.0 Å². The van der Waals surface area contributed by atoms with Gasteiger partial charge in [-0.1, -0.05) is 0 Å². The fraction of sp³-hybridized carbons (Fsp3) is 0.318. The van der Waals surface area contributed by atoms with E-state index in [0.29, 0.717) is 41.5 Å². The molecular weight excluding hydrogens is 402 g/mol. The highest BCUT2D eigenvalue weighted by Crippen LogP contribution is 2.28. The summed E-state index contributed by atoms with van der Waals surface area (Å²) in [7, 11) is 6.14. The van der Waals surface area contributed by atoms with Crippen LogP contribution in [0.4, 0.5) is 0 Å². The molecule has 2 amide bonds. The molecule has 0 fully saturated rings. The van der Waals surface area contributed by atoms with Crippen LogP contribution < -0.4 is 29.7 Å². The first-order valence-electron chi connectivity index (χ1n) is 9.56. The summed E-state index contributed by atoms with van der Waals surface area (Å²) in [6, 6.07) is 10.2. The number of carbonyl (C=O) groups is 2. The number of hydrogen-bond donors (Lipinski definition) is 2. The average Bonchev–Trinajstić information content (AvgIpc) is 2.80. The number of nitrogens with one attached hydrogen (secondary N) is 2. The van der Waals surface area contributed by atoms with E-state index in [4.69, 9.17) is 18.9 Å². The maximum atomic E-state index is 12.2. The van der Waals surface area contributed by atoms with Crippen molar-refractivity contribution < 1.29 is 28.5 Å². The number of methoxy groups -OCH3 is 4. The Morgan fingerprint density at radius 3 is 2.13 bits per heavy atom. The number of nitrogens with zero attached hydrogens (tertiary/aromatic N) is 1. The fourth-order valence-corrected chi connectivity index (χ4v) is 2.70. The molecule has 166 valence electrons. The van der Waals surface area contributed by atoms with E-state index in [1.807, 2.05) is 0 Å². The Morgan fingerprint density at radius 2 is 1.48 bits per heavy atom. The van der Waals surface area contributed by atoms with Crippen molar-refractivity contribution in [1.29, 1.82) is 0 Å². The zero-order valence-electron chi connectivity index (χ0n) is 18.1. The van der Waals surface area contributed by atoms with Crippen molar-refractivity contribution in [3.05, 3.63) is 47.5 Å². The van der Waals surface area contributed by atoms with Crippen LogP contribution in [0.15, 0.2) is 41.5 Å². The van der Waals surface area contributed by atoms with Gasteiger partial charge in [-0.25, -0.2) is 5.43 Å². The highest BCUT2D eigenvalue weighted by atomic mass is 16.5. The Kier molecular flexibility index (Phi) is 9.15. The molecular formula is C22H27N3O6. The molecule has 0 saturated carbocycles. The second kappa shape index (κ2) is 12.1. The van der Waals surface area contributed by atoms with E-state index in [1.165, 1.54) is 20.4 Å². The van der Waals surface area contributed by atoms with Gasteiger partial charge in [0.1, 0.15) is 0 Å². The van der Waals surface area contributed by atoms with Crippen LogP contribution in [0, 0.1) is 0 Å². The largest absolute Gasteiger partial charge is 0.493 e. The van der Waals surface area contributed by atoms with Crippen LogP contribution in [0.3, 0.4) is 0 Å². The number of carbonyl (C=O) groups excluding carboxylic acids is 2. The summed E-state index contributed by atoms with van der Waals surface area (Å²) < 4.78 is 20.7. The lowest BCUT2D eigenvalue weighted by Gasteiger charge is -2.10. The molecule has 2 N–H and O–H groups in total. The summed E-state index contributed by atoms with van der Waals surface area (Å²) in [6.07, 6.45) is 2.20. The molecule has 0 aliphatic rings. The molecule has 2 aromatic rings. The Labute approximate surface area is 181 Å². The Morgan fingerprint density at radius 1 is 0.871 bits per heavy atom. The summed E-state index contributed by atoms with van der Waals surface area (Å²) in [6.45, 7) is 0.347. The highest BCUT2D eigenvalue weighted by molar-refractivity contribution is 5.94. The first-order valence-corrected chi connectivity index (χ1v) is 9.56. The van der Waals surface area contributed by atoms with Crippen LogP contribution in [-0.4, -0.2) is 53.0 Å². The van der Waals surface area contributed by atoms with E-state index < -0.39 is 0 Å². The van der Waals surface area contributed by atoms with Crippen LogP contribution in [0.2, 0.25) is 0 Å². The maximum Gasteiger partial charge on any atom is 0.251 e. The topological polar surface area (TPSA) is 107 Å². The van der Waals surface area contributed by atoms with E-state index in [2.05, 4.69) is 15.8 Å². The fourth-order valence-electron chi connectivity index (χ4n) is 2.70. The Bertz CT molecular complexity index is 929. The molecule has 9 heteroatoms. The Balaban J connectivity index is 1.75. The molecule has 9 nitrogen and oxygen atoms in total. The minimum atomic E-state index is -0.257. The molecule has 0 spiro atoms. The molecule has 31 heavy (non-hydrogen) atoms. The van der Waals surface area contributed by atoms with E-state index in [0.717, 1.165) is 5.56 Å². The first-order chi connectivity index (χ1) is 15.0. The van der Waals surface area contributed by atoms with Gasteiger partial charge in [0.2, 0.25) is 5.91 Å². The minimum absolute atomic E-state index is 0.218. The molecule has 0 unspecified atom stereocenters. The predicted molar refractivity (Wildman–Crippen MR) is 116 cm³/mol. The summed E-state index contributed by atoms with van der Waals surface area (Å²) >= 11 is 0. The summed E-state index contributed by atoms with van der Waals surface area (Å²) in [5, 5.41) is 6.70. The van der Waals surface area contributed by atoms with Gasteiger partial charge < -0.3 is 24.3 Å². The maximum absolute atomic E-state index is 12.2. The van der Waals surface area contributed by atoms with Gasteiger partial charge in [-0.2, -0.15) is 5.10 Å². The van der Waals surface area contributed by atoms with Crippen LogP contribution in [0.1, 0.15) is 28.8 Å². The van der Waals surface area contributed by atoms with Gasteiger partial charge in [-0.15, -0.1) is 0 Å². The van der Waals surface area contributed by atoms with Gasteiger partial charge in [0.15, 0.2) is 23.0 Å². The summed E-state index contributed by atoms with van der Waals surface area (Å²) in [5.74, 6) is 1.69. The van der Waals surface area contributed by atoms with Crippen molar-refractivity contribution in [1.82, 2.24) is 10.7 Å². The molecule has 0 aromatic heterocycles. The molecule has 0 atom stereocenters. The third kappa shape index (κ3) is 6.91. The number of hydrazone groups is 1. The van der Waals surface area contributed by atoms with Crippen LogP contribution in [0.5, 0.6) is 23.0 Å². The third-order valence-corrected chi connectivity index (χ3v) is 4.32. The van der Waals surface area contributed by atoms with E-state index in [9.17, 15) is 9.59 Å². The van der Waals surface area contributed by atoms with Gasteiger partial charge in [0.05, 0.1) is 34.7 Å². The minimum Gasteiger partial charge on any atom is -0.493 e. The molecule has 0 bridgehead atoms. The van der Waals surface area contributed by atoms with Crippen molar-refractivity contribution in [2.24, 2.45) is 5.10 Å². The lowest BCUT2D eigenvalue weighted by atomic mass is 10.2. The molecule has 0 aliphatic heterocycles. The SMILES string of the molecule is COc1ccc(C=NNC(=O)CCCNC(=O)c2ccc(OC)c(OC)c2)cc1OC. The van der Waals surface area contributed by atoms with Gasteiger partial charge in [-0.3, -0.25) is 9.59 Å². The van der Waals surface area contributed by atoms with E-state index >= 15 is 0 Å². The standard InChI is InChI=1S/C22H27N3O6/c1-28-17-9-7-15(12-19(17)30-3)14-24-25-21(26)6-5-11-23-22(27)16-8-10-18(29-2)20(13-16)31-4/h7-10,12-14H,5-6,11H2,1-4H3,(H,23,27)(H,25,26). The molecule has 0 saturated heterocycles. The van der Waals surface area contributed by atoms with Crippen molar-refractivity contribution in [3.63, 3.8) is 0 Å². The van der Waals surface area contributed by atoms with E-state index in [-0.39, 0.29) is 18.2 Å². The van der Waals surface area contributed by atoms with Gasteiger partial charge in [0.25, 0.3) is 5.91 Å². The lowest BCUT2D eigenvalue weighted by Crippen LogP contribution is -2.26. The van der Waals surface area contributed by atoms with Crippen molar-refractivity contribution >= 4 is 18.0 Å². The monoisotopic (exact) mass is 429 g/mol. The average molecular weight is 429 g/mol. The van der Waals surface area contributed by atoms with Gasteiger partial charge >= 0.3 is 0 Å². The first kappa shape index (κ1) is 23.5. The number of rotatable bonds is 11. The highest BCUT2D eigenvalue weighted by Gasteiger charge is 2.10. The predicted octanol–water partition coefficient (Wildman–Crippen LogP) is 2.38. The van der Waals surface area contributed by atoms with Crippen molar-refractivity contribution in [2.45, 2.75) is 12.8 Å². The quantitative estimate of drug-likeness (QED) is 0.323. The van der Waals surface area contributed by atoms with Crippen LogP contribution in [0.25, 0.3) is 0 Å². The summed E-state index contributed by atoms with van der Waals surface area (Å²) in [5.41, 5.74) is 3.66. The van der Waals surface area contributed by atoms with Gasteiger partial charge in [-0.05, 0) is 48.4 Å². The van der Waals surface area contributed by atoms with Crippen LogP contribution in [-0.2, 0) is 4.79 Å². The second-order valence-corrected chi connectivity index (χ2v) is 6.34. The lowest BCUT2D eigenvalue weighted by molar-refractivity contribution is -0.121. The second-order valence-electron chi connectivity index (χ2n) is 6.34. The Hall–Kier alpha value is -3.75. The number of hydrogen-bond acceptors (Lipinski definition) is 7. The molecule has 2 aromatic carbocycles. The normalized spacial score (nSPS) is 10.5. The molecule has 0 radical (unpaired) electrons. The van der Waals surface area contributed by atoms with E-state index in [1.54, 1.807) is 50.6 Å². The van der Waals surface area contributed by atoms with Crippen LogP contribution >= 0.6 is 0 Å². The number of benzene rings is 2. The molecule has 2 rings (SSSR count). The van der Waals surface area contributed by atoms with Gasteiger partial charge in [0, 0.05) is 18.5 Å².